The molecule has 1 aromatic rings. The van der Waals surface area contributed by atoms with Gasteiger partial charge < -0.3 is 21.1 Å². The van der Waals surface area contributed by atoms with Gasteiger partial charge in [-0.15, -0.1) is 0 Å². The van der Waals surface area contributed by atoms with Crippen LogP contribution in [0, 0.1) is 7.14 Å². The molecule has 0 amide bonds. The van der Waals surface area contributed by atoms with Crippen LogP contribution in [0.3, 0.4) is 0 Å². The summed E-state index contributed by atoms with van der Waals surface area (Å²) in [6.45, 7) is 1.01. The van der Waals surface area contributed by atoms with Crippen molar-refractivity contribution in [2.75, 3.05) is 13.7 Å². The van der Waals surface area contributed by atoms with Gasteiger partial charge >= 0.3 is 0 Å². The molecule has 4 nitrogen and oxygen atoms in total. The fraction of sp³-hybridized carbons (Fsp3) is 0.429. The quantitative estimate of drug-likeness (QED) is 0.527. The molecule has 2 aliphatic heterocycles. The molecule has 2 atom stereocenters. The summed E-state index contributed by atoms with van der Waals surface area (Å²) in [6.07, 6.45) is 2.03. The summed E-state index contributed by atoms with van der Waals surface area (Å²) in [5, 5.41) is 6.99. The largest absolute Gasteiger partial charge is 0.495 e. The Morgan fingerprint density at radius 3 is 2.76 bits per heavy atom. The summed E-state index contributed by atoms with van der Waals surface area (Å²) in [4.78, 5) is 1.38. The number of hydrogen-bond donors (Lipinski definition) is 3. The highest BCUT2D eigenvalue weighted by Gasteiger charge is 2.30. The molecule has 2 aliphatic rings. The Kier molecular flexibility index (Phi) is 5.24. The van der Waals surface area contributed by atoms with Crippen molar-refractivity contribution in [1.29, 1.82) is 0 Å². The van der Waals surface area contributed by atoms with Gasteiger partial charge in [-0.2, -0.15) is 0 Å². The Balaban J connectivity index is 1.82. The van der Waals surface area contributed by atoms with Crippen molar-refractivity contribution in [3.05, 3.63) is 35.4 Å². The predicted molar refractivity (Wildman–Crippen MR) is 104 cm³/mol. The summed E-state index contributed by atoms with van der Waals surface area (Å²) in [6, 6.07) is 4.79. The van der Waals surface area contributed by atoms with Gasteiger partial charge in [-0.3, -0.25) is 0 Å². The van der Waals surface area contributed by atoms with Crippen molar-refractivity contribution in [3.8, 4) is 5.75 Å². The SMILES string of the molecule is COc1c(I)cc(CC2NCCC3=C2SC(N)N3)cc1I. The van der Waals surface area contributed by atoms with Crippen LogP contribution in [0.15, 0.2) is 22.7 Å². The third-order valence-electron chi connectivity index (χ3n) is 3.65. The molecule has 0 spiro atoms. The van der Waals surface area contributed by atoms with Crippen LogP contribution in [-0.2, 0) is 6.42 Å². The maximum atomic E-state index is 6.00. The van der Waals surface area contributed by atoms with Gasteiger partial charge in [0.15, 0.2) is 0 Å². The summed E-state index contributed by atoms with van der Waals surface area (Å²) in [7, 11) is 1.72. The summed E-state index contributed by atoms with van der Waals surface area (Å²) < 4.78 is 7.76. The number of nitrogens with one attached hydrogen (secondary N) is 2. The number of thioether (sulfide) groups is 1. The lowest BCUT2D eigenvalue weighted by Crippen LogP contribution is -2.38. The molecule has 21 heavy (non-hydrogen) atoms. The average Bonchev–Trinajstić information content (AvgIpc) is 2.80. The van der Waals surface area contributed by atoms with E-state index in [2.05, 4.69) is 67.9 Å². The Labute approximate surface area is 156 Å². The van der Waals surface area contributed by atoms with E-state index in [1.165, 1.54) is 16.2 Å². The van der Waals surface area contributed by atoms with E-state index in [1.54, 1.807) is 18.9 Å². The maximum Gasteiger partial charge on any atom is 0.145 e. The van der Waals surface area contributed by atoms with E-state index < -0.39 is 0 Å². The molecule has 2 unspecified atom stereocenters. The number of rotatable bonds is 3. The molecule has 3 rings (SSSR count). The number of hydrogen-bond acceptors (Lipinski definition) is 5. The minimum atomic E-state index is 0.00791. The summed E-state index contributed by atoms with van der Waals surface area (Å²) >= 11 is 6.43. The maximum absolute atomic E-state index is 6.00. The van der Waals surface area contributed by atoms with Gasteiger partial charge in [0.1, 0.15) is 11.2 Å². The lowest BCUT2D eigenvalue weighted by Gasteiger charge is -2.25. The second kappa shape index (κ2) is 6.81. The molecule has 2 heterocycles. The van der Waals surface area contributed by atoms with Gasteiger partial charge in [0, 0.05) is 29.6 Å². The van der Waals surface area contributed by atoms with Crippen molar-refractivity contribution < 1.29 is 4.74 Å². The van der Waals surface area contributed by atoms with Crippen LogP contribution in [0.5, 0.6) is 5.75 Å². The Morgan fingerprint density at radius 1 is 1.38 bits per heavy atom. The van der Waals surface area contributed by atoms with Crippen molar-refractivity contribution in [2.24, 2.45) is 5.73 Å². The molecule has 4 N–H and O–H groups in total. The first-order valence-electron chi connectivity index (χ1n) is 6.75. The van der Waals surface area contributed by atoms with Crippen LogP contribution in [0.2, 0.25) is 0 Å². The van der Waals surface area contributed by atoms with E-state index in [0.29, 0.717) is 6.04 Å². The highest BCUT2D eigenvalue weighted by molar-refractivity contribution is 14.1. The van der Waals surface area contributed by atoms with E-state index in [4.69, 9.17) is 10.5 Å². The van der Waals surface area contributed by atoms with Gasteiger partial charge in [0.25, 0.3) is 0 Å². The topological polar surface area (TPSA) is 59.3 Å². The Morgan fingerprint density at radius 2 is 2.10 bits per heavy atom. The number of benzene rings is 1. The lowest BCUT2D eigenvalue weighted by atomic mass is 10.0. The van der Waals surface area contributed by atoms with Gasteiger partial charge in [-0.25, -0.2) is 0 Å². The minimum Gasteiger partial charge on any atom is -0.495 e. The fourth-order valence-electron chi connectivity index (χ4n) is 2.76. The fourth-order valence-corrected chi connectivity index (χ4v) is 6.20. The highest BCUT2D eigenvalue weighted by Crippen LogP contribution is 2.36. The monoisotopic (exact) mass is 529 g/mol. The third kappa shape index (κ3) is 3.46. The standard InChI is InChI=1S/C14H17I2N3OS/c1-20-12-8(15)4-7(5-9(12)16)6-11-13-10(2-3-18-11)19-14(17)21-13/h4-5,11,14,18-19H,2-3,6,17H2,1H3. The molecule has 7 heteroatoms. The molecule has 0 aromatic heterocycles. The van der Waals surface area contributed by atoms with E-state index >= 15 is 0 Å². The molecular formula is C14H17I2N3OS. The second-order valence-corrected chi connectivity index (χ2v) is 8.59. The minimum absolute atomic E-state index is 0.00791. The molecule has 0 bridgehead atoms. The zero-order chi connectivity index (χ0) is 15.0. The van der Waals surface area contributed by atoms with Crippen LogP contribution in [-0.4, -0.2) is 25.2 Å². The van der Waals surface area contributed by atoms with Gasteiger partial charge in [-0.05, 0) is 69.3 Å². The Hall–Kier alpha value is 0.290. The number of nitrogens with two attached hydrogens (primary N) is 1. The Bertz CT molecular complexity index is 571. The van der Waals surface area contributed by atoms with E-state index in [9.17, 15) is 0 Å². The van der Waals surface area contributed by atoms with Gasteiger partial charge in [0.2, 0.25) is 0 Å². The van der Waals surface area contributed by atoms with E-state index in [0.717, 1.165) is 32.3 Å². The predicted octanol–water partition coefficient (Wildman–Crippen LogP) is 2.60. The van der Waals surface area contributed by atoms with Crippen LogP contribution >= 0.6 is 56.9 Å². The van der Waals surface area contributed by atoms with Crippen LogP contribution in [0.25, 0.3) is 0 Å². The number of ether oxygens (including phenoxy) is 1. The first kappa shape index (κ1) is 16.2. The van der Waals surface area contributed by atoms with Crippen LogP contribution in [0.1, 0.15) is 12.0 Å². The molecule has 114 valence electrons. The van der Waals surface area contributed by atoms with Crippen molar-refractivity contribution >= 4 is 56.9 Å². The molecule has 0 saturated heterocycles. The van der Waals surface area contributed by atoms with Crippen LogP contribution in [0.4, 0.5) is 0 Å². The van der Waals surface area contributed by atoms with E-state index in [-0.39, 0.29) is 5.50 Å². The van der Waals surface area contributed by atoms with Crippen molar-refractivity contribution in [1.82, 2.24) is 10.6 Å². The van der Waals surface area contributed by atoms with E-state index in [1.807, 2.05) is 0 Å². The average molecular weight is 529 g/mol. The summed E-state index contributed by atoms with van der Waals surface area (Å²) in [5.74, 6) is 0.968. The molecular weight excluding hydrogens is 512 g/mol. The molecule has 0 saturated carbocycles. The molecule has 0 fully saturated rings. The first-order chi connectivity index (χ1) is 10.1. The number of methoxy groups -OCH3 is 1. The molecule has 1 aromatic carbocycles. The molecule has 0 radical (unpaired) electrons. The van der Waals surface area contributed by atoms with Crippen molar-refractivity contribution in [2.45, 2.75) is 24.4 Å². The first-order valence-corrected chi connectivity index (χ1v) is 9.79. The van der Waals surface area contributed by atoms with Crippen LogP contribution < -0.4 is 21.1 Å². The van der Waals surface area contributed by atoms with Gasteiger partial charge in [0.05, 0.1) is 14.3 Å². The molecule has 0 aliphatic carbocycles. The highest BCUT2D eigenvalue weighted by atomic mass is 127. The zero-order valence-corrected chi connectivity index (χ0v) is 16.7. The summed E-state index contributed by atoms with van der Waals surface area (Å²) in [5.41, 5.74) is 8.67. The third-order valence-corrected chi connectivity index (χ3v) is 6.41. The lowest BCUT2D eigenvalue weighted by molar-refractivity contribution is 0.408. The number of halogens is 2. The normalized spacial score (nSPS) is 24.8. The van der Waals surface area contributed by atoms with Crippen molar-refractivity contribution in [3.63, 3.8) is 0 Å². The smallest absolute Gasteiger partial charge is 0.145 e. The van der Waals surface area contributed by atoms with Gasteiger partial charge in [-0.1, -0.05) is 11.8 Å². The second-order valence-electron chi connectivity index (χ2n) is 5.08. The zero-order valence-electron chi connectivity index (χ0n) is 11.6.